The van der Waals surface area contributed by atoms with E-state index in [1.807, 2.05) is 14.1 Å². The molecule has 3 heteroatoms. The van der Waals surface area contributed by atoms with Crippen molar-refractivity contribution in [2.24, 2.45) is 0 Å². The Hall–Kier alpha value is -0.930. The van der Waals surface area contributed by atoms with Crippen LogP contribution in [0.1, 0.15) is 37.4 Å². The van der Waals surface area contributed by atoms with Crippen LogP contribution >= 0.6 is 0 Å². The van der Waals surface area contributed by atoms with Crippen molar-refractivity contribution in [3.8, 4) is 0 Å². The van der Waals surface area contributed by atoms with Crippen LogP contribution in [0.15, 0.2) is 24.3 Å². The summed E-state index contributed by atoms with van der Waals surface area (Å²) in [6.07, 6.45) is 3.75. The van der Waals surface area contributed by atoms with Gasteiger partial charge in [-0.25, -0.2) is 4.39 Å². The van der Waals surface area contributed by atoms with E-state index in [9.17, 15) is 9.50 Å². The number of hydrogen-bond acceptors (Lipinski definition) is 2. The van der Waals surface area contributed by atoms with Crippen molar-refractivity contribution in [2.75, 3.05) is 14.1 Å². The van der Waals surface area contributed by atoms with Crippen molar-refractivity contribution in [3.63, 3.8) is 0 Å². The van der Waals surface area contributed by atoms with Gasteiger partial charge in [0.25, 0.3) is 0 Å². The highest BCUT2D eigenvalue weighted by atomic mass is 19.1. The summed E-state index contributed by atoms with van der Waals surface area (Å²) in [5, 5.41) is 10.6. The fourth-order valence-electron chi connectivity index (χ4n) is 2.91. The second-order valence-electron chi connectivity index (χ2n) is 5.16. The summed E-state index contributed by atoms with van der Waals surface area (Å²) in [5.74, 6) is -0.258. The average molecular weight is 237 g/mol. The van der Waals surface area contributed by atoms with E-state index < -0.39 is 6.10 Å². The molecule has 0 saturated heterocycles. The number of hydrogen-bond donors (Lipinski definition) is 1. The zero-order chi connectivity index (χ0) is 12.5. The lowest BCUT2D eigenvalue weighted by atomic mass is 9.85. The lowest BCUT2D eigenvalue weighted by molar-refractivity contribution is -0.00477. The van der Waals surface area contributed by atoms with Gasteiger partial charge in [-0.15, -0.1) is 0 Å². The number of rotatable bonds is 3. The normalized spacial score (nSPS) is 20.8. The van der Waals surface area contributed by atoms with Crippen LogP contribution in [0.2, 0.25) is 0 Å². The predicted molar refractivity (Wildman–Crippen MR) is 66.2 cm³/mol. The maximum atomic E-state index is 12.9. The van der Waals surface area contributed by atoms with Crippen LogP contribution in [0.25, 0.3) is 0 Å². The number of nitrogens with zero attached hydrogens (tertiary/aromatic N) is 1. The number of aliphatic hydroxyl groups is 1. The number of benzene rings is 1. The average Bonchev–Trinajstić information content (AvgIpc) is 2.79. The van der Waals surface area contributed by atoms with Gasteiger partial charge in [0.15, 0.2) is 0 Å². The first-order valence-electron chi connectivity index (χ1n) is 6.17. The van der Waals surface area contributed by atoms with Crippen molar-refractivity contribution >= 4 is 0 Å². The minimum atomic E-state index is -0.541. The van der Waals surface area contributed by atoms with Crippen molar-refractivity contribution in [1.29, 1.82) is 0 Å². The standard InChI is InChI=1S/C14H20FNO/c1-16(2)14(9-3-4-10-14)13(17)11-5-7-12(15)8-6-11/h5-8,13,17H,3-4,9-10H2,1-2H3. The summed E-state index contributed by atoms with van der Waals surface area (Å²) in [4.78, 5) is 2.12. The van der Waals surface area contributed by atoms with Crippen LogP contribution in [0.5, 0.6) is 0 Å². The van der Waals surface area contributed by atoms with Gasteiger partial charge in [0.2, 0.25) is 0 Å². The Kier molecular flexibility index (Phi) is 3.50. The Morgan fingerprint density at radius 2 is 1.71 bits per heavy atom. The zero-order valence-corrected chi connectivity index (χ0v) is 10.5. The van der Waals surface area contributed by atoms with Crippen LogP contribution < -0.4 is 0 Å². The maximum Gasteiger partial charge on any atom is 0.123 e. The Labute approximate surface area is 102 Å². The van der Waals surface area contributed by atoms with Crippen LogP contribution in [0, 0.1) is 5.82 Å². The highest BCUT2D eigenvalue weighted by molar-refractivity contribution is 5.23. The van der Waals surface area contributed by atoms with Crippen molar-refractivity contribution in [3.05, 3.63) is 35.6 Å². The van der Waals surface area contributed by atoms with Gasteiger partial charge in [-0.3, -0.25) is 0 Å². The van der Waals surface area contributed by atoms with Gasteiger partial charge in [-0.1, -0.05) is 25.0 Å². The van der Waals surface area contributed by atoms with Gasteiger partial charge in [0, 0.05) is 0 Å². The first kappa shape index (κ1) is 12.5. The maximum absolute atomic E-state index is 12.9. The quantitative estimate of drug-likeness (QED) is 0.873. The highest BCUT2D eigenvalue weighted by Crippen LogP contribution is 2.43. The molecule has 0 spiro atoms. The molecule has 1 fully saturated rings. The Bertz CT molecular complexity index is 368. The molecule has 2 nitrogen and oxygen atoms in total. The second-order valence-corrected chi connectivity index (χ2v) is 5.16. The third-order valence-corrected chi connectivity index (χ3v) is 4.05. The van der Waals surface area contributed by atoms with Crippen LogP contribution in [0.3, 0.4) is 0 Å². The topological polar surface area (TPSA) is 23.5 Å². The highest BCUT2D eigenvalue weighted by Gasteiger charge is 2.43. The molecule has 1 aliphatic rings. The van der Waals surface area contributed by atoms with Gasteiger partial charge in [0.1, 0.15) is 5.82 Å². The molecular weight excluding hydrogens is 217 g/mol. The molecule has 17 heavy (non-hydrogen) atoms. The Morgan fingerprint density at radius 3 is 2.18 bits per heavy atom. The van der Waals surface area contributed by atoms with Crippen LogP contribution in [-0.4, -0.2) is 29.6 Å². The van der Waals surface area contributed by atoms with Crippen molar-refractivity contribution < 1.29 is 9.50 Å². The minimum absolute atomic E-state index is 0.183. The molecule has 0 aromatic heterocycles. The summed E-state index contributed by atoms with van der Waals surface area (Å²) in [6, 6.07) is 6.20. The van der Waals surface area contributed by atoms with Gasteiger partial charge in [-0.2, -0.15) is 0 Å². The molecule has 0 radical (unpaired) electrons. The van der Waals surface area contributed by atoms with E-state index in [4.69, 9.17) is 0 Å². The fraction of sp³-hybridized carbons (Fsp3) is 0.571. The smallest absolute Gasteiger partial charge is 0.123 e. The van der Waals surface area contributed by atoms with Gasteiger partial charge < -0.3 is 10.0 Å². The number of likely N-dealkylation sites (N-methyl/N-ethyl adjacent to an activating group) is 1. The van der Waals surface area contributed by atoms with E-state index in [1.165, 1.54) is 12.1 Å². The minimum Gasteiger partial charge on any atom is -0.386 e. The third-order valence-electron chi connectivity index (χ3n) is 4.05. The van der Waals surface area contributed by atoms with E-state index in [1.54, 1.807) is 12.1 Å². The van der Waals surface area contributed by atoms with Gasteiger partial charge >= 0.3 is 0 Å². The van der Waals surface area contributed by atoms with E-state index in [-0.39, 0.29) is 11.4 Å². The molecular formula is C14H20FNO. The molecule has 1 aromatic rings. The summed E-state index contributed by atoms with van der Waals surface area (Å²) >= 11 is 0. The Morgan fingerprint density at radius 1 is 1.18 bits per heavy atom. The first-order chi connectivity index (χ1) is 8.06. The number of halogens is 1. The SMILES string of the molecule is CN(C)C1(C(O)c2ccc(F)cc2)CCCC1. The summed E-state index contributed by atoms with van der Waals surface area (Å²) in [5.41, 5.74) is 0.625. The molecule has 0 heterocycles. The monoisotopic (exact) mass is 237 g/mol. The molecule has 1 N–H and O–H groups in total. The van der Waals surface area contributed by atoms with E-state index in [0.717, 1.165) is 31.2 Å². The molecule has 1 aromatic carbocycles. The second kappa shape index (κ2) is 4.75. The third kappa shape index (κ3) is 2.22. The van der Waals surface area contributed by atoms with E-state index in [0.29, 0.717) is 0 Å². The molecule has 1 atom stereocenters. The van der Waals surface area contributed by atoms with Crippen molar-refractivity contribution in [2.45, 2.75) is 37.3 Å². The fourth-order valence-corrected chi connectivity index (χ4v) is 2.91. The summed E-state index contributed by atoms with van der Waals surface area (Å²) in [7, 11) is 4.02. The largest absolute Gasteiger partial charge is 0.386 e. The van der Waals surface area contributed by atoms with Crippen LogP contribution in [0.4, 0.5) is 4.39 Å². The summed E-state index contributed by atoms with van der Waals surface area (Å²) < 4.78 is 12.9. The molecule has 0 aliphatic heterocycles. The molecule has 2 rings (SSSR count). The van der Waals surface area contributed by atoms with E-state index >= 15 is 0 Å². The van der Waals surface area contributed by atoms with E-state index in [2.05, 4.69) is 4.90 Å². The number of aliphatic hydroxyl groups excluding tert-OH is 1. The molecule has 94 valence electrons. The molecule has 0 bridgehead atoms. The zero-order valence-electron chi connectivity index (χ0n) is 10.5. The summed E-state index contributed by atoms with van der Waals surface area (Å²) in [6.45, 7) is 0. The molecule has 0 amide bonds. The van der Waals surface area contributed by atoms with Crippen LogP contribution in [-0.2, 0) is 0 Å². The predicted octanol–water partition coefficient (Wildman–Crippen LogP) is 2.73. The lowest BCUT2D eigenvalue weighted by Gasteiger charge is -2.40. The van der Waals surface area contributed by atoms with Gasteiger partial charge in [-0.05, 0) is 44.6 Å². The van der Waals surface area contributed by atoms with Gasteiger partial charge in [0.05, 0.1) is 11.6 Å². The first-order valence-corrected chi connectivity index (χ1v) is 6.17. The van der Waals surface area contributed by atoms with Crippen molar-refractivity contribution in [1.82, 2.24) is 4.90 Å². The molecule has 1 unspecified atom stereocenters. The lowest BCUT2D eigenvalue weighted by Crippen LogP contribution is -2.47. The molecule has 1 aliphatic carbocycles. The molecule has 1 saturated carbocycles. The Balaban J connectivity index is 2.28.